The topological polar surface area (TPSA) is 18.5 Å². The summed E-state index contributed by atoms with van der Waals surface area (Å²) in [4.78, 5) is 5.21. The van der Waals surface area contributed by atoms with Crippen molar-refractivity contribution in [2.24, 2.45) is 5.92 Å². The van der Waals surface area contributed by atoms with Gasteiger partial charge in [-0.3, -0.25) is 4.90 Å². The van der Waals surface area contributed by atoms with Crippen LogP contribution in [-0.4, -0.2) is 62.2 Å². The molecule has 0 radical (unpaired) electrons. The second-order valence-electron chi connectivity index (χ2n) is 6.00. The van der Waals surface area contributed by atoms with E-state index in [4.69, 9.17) is 0 Å². The molecular weight excluding hydrogens is 281 g/mol. The number of halogens is 2. The summed E-state index contributed by atoms with van der Waals surface area (Å²) in [6, 6.07) is 0.849. The van der Waals surface area contributed by atoms with E-state index in [1.165, 1.54) is 65.0 Å². The minimum absolute atomic E-state index is 0. The molecule has 0 spiro atoms. The highest BCUT2D eigenvalue weighted by Gasteiger charge is 2.22. The third-order valence-electron chi connectivity index (χ3n) is 4.51. The highest BCUT2D eigenvalue weighted by atomic mass is 35.5. The van der Waals surface area contributed by atoms with Crippen LogP contribution in [0.2, 0.25) is 0 Å². The van der Waals surface area contributed by atoms with Gasteiger partial charge in [0.25, 0.3) is 0 Å². The minimum Gasteiger partial charge on any atom is -0.314 e. The third-order valence-corrected chi connectivity index (χ3v) is 4.51. The van der Waals surface area contributed by atoms with Gasteiger partial charge in [-0.2, -0.15) is 0 Å². The van der Waals surface area contributed by atoms with Crippen LogP contribution in [0.1, 0.15) is 32.6 Å². The van der Waals surface area contributed by atoms with Gasteiger partial charge < -0.3 is 10.2 Å². The van der Waals surface area contributed by atoms with Crippen molar-refractivity contribution in [1.29, 1.82) is 0 Å². The molecule has 19 heavy (non-hydrogen) atoms. The van der Waals surface area contributed by atoms with Crippen molar-refractivity contribution in [3.8, 4) is 0 Å². The van der Waals surface area contributed by atoms with Crippen LogP contribution in [0.4, 0.5) is 0 Å². The van der Waals surface area contributed by atoms with E-state index in [1.54, 1.807) is 0 Å². The maximum atomic E-state index is 3.42. The molecule has 0 aromatic rings. The van der Waals surface area contributed by atoms with Crippen LogP contribution in [-0.2, 0) is 0 Å². The number of nitrogens with one attached hydrogen (secondary N) is 1. The molecule has 1 aliphatic heterocycles. The van der Waals surface area contributed by atoms with Crippen molar-refractivity contribution >= 4 is 24.8 Å². The van der Waals surface area contributed by atoms with Crippen LogP contribution in [0.3, 0.4) is 0 Å². The first-order chi connectivity index (χ1) is 8.25. The lowest BCUT2D eigenvalue weighted by Gasteiger charge is -2.36. The van der Waals surface area contributed by atoms with Crippen molar-refractivity contribution in [2.75, 3.05) is 46.3 Å². The summed E-state index contributed by atoms with van der Waals surface area (Å²) < 4.78 is 0. The lowest BCUT2D eigenvalue weighted by Crippen LogP contribution is -2.47. The van der Waals surface area contributed by atoms with Crippen LogP contribution < -0.4 is 5.32 Å². The lowest BCUT2D eigenvalue weighted by molar-refractivity contribution is 0.137. The summed E-state index contributed by atoms with van der Waals surface area (Å²) in [7, 11) is 2.32. The van der Waals surface area contributed by atoms with E-state index < -0.39 is 0 Å². The fraction of sp³-hybridized carbons (Fsp3) is 1.00. The Kier molecular flexibility index (Phi) is 10.5. The molecule has 2 atom stereocenters. The normalized spacial score (nSPS) is 28.6. The van der Waals surface area contributed by atoms with Gasteiger partial charge in [0, 0.05) is 45.3 Å². The summed E-state index contributed by atoms with van der Waals surface area (Å²) >= 11 is 0. The average molecular weight is 312 g/mol. The molecule has 2 unspecified atom stereocenters. The molecule has 2 fully saturated rings. The Bertz CT molecular complexity index is 223. The summed E-state index contributed by atoms with van der Waals surface area (Å²) in [6.07, 6.45) is 5.71. The number of nitrogens with zero attached hydrogens (tertiary/aromatic N) is 2. The average Bonchev–Trinajstić information content (AvgIpc) is 2.37. The van der Waals surface area contributed by atoms with Gasteiger partial charge in [0.2, 0.25) is 0 Å². The monoisotopic (exact) mass is 311 g/mol. The van der Waals surface area contributed by atoms with E-state index in [1.807, 2.05) is 0 Å². The zero-order valence-electron chi connectivity index (χ0n) is 12.4. The predicted octanol–water partition coefficient (Wildman–Crippen LogP) is 2.25. The Morgan fingerprint density at radius 3 is 2.47 bits per heavy atom. The first-order valence-corrected chi connectivity index (χ1v) is 7.39. The quantitative estimate of drug-likeness (QED) is 0.859. The van der Waals surface area contributed by atoms with E-state index in [9.17, 15) is 0 Å². The third kappa shape index (κ3) is 6.63. The largest absolute Gasteiger partial charge is 0.314 e. The molecule has 0 aromatic heterocycles. The number of hydrogen-bond donors (Lipinski definition) is 1. The van der Waals surface area contributed by atoms with Crippen LogP contribution in [0, 0.1) is 5.92 Å². The molecule has 2 rings (SSSR count). The van der Waals surface area contributed by atoms with E-state index in [0.29, 0.717) is 0 Å². The summed E-state index contributed by atoms with van der Waals surface area (Å²) in [5.74, 6) is 0.940. The standard InChI is InChI=1S/C14H29N3.2ClH/c1-13-4-3-5-14(12-13)16(2)10-11-17-8-6-15-7-9-17;;/h13-15H,3-12H2,1-2H3;2*1H. The van der Waals surface area contributed by atoms with Gasteiger partial charge >= 0.3 is 0 Å². The van der Waals surface area contributed by atoms with Crippen LogP contribution in [0.15, 0.2) is 0 Å². The van der Waals surface area contributed by atoms with Crippen molar-refractivity contribution in [1.82, 2.24) is 15.1 Å². The summed E-state index contributed by atoms with van der Waals surface area (Å²) in [5, 5.41) is 3.42. The highest BCUT2D eigenvalue weighted by molar-refractivity contribution is 5.85. The molecule has 1 N–H and O–H groups in total. The number of hydrogen-bond acceptors (Lipinski definition) is 3. The summed E-state index contributed by atoms with van der Waals surface area (Å²) in [6.45, 7) is 9.72. The molecule has 116 valence electrons. The van der Waals surface area contributed by atoms with Crippen LogP contribution >= 0.6 is 24.8 Å². The molecule has 5 heteroatoms. The van der Waals surface area contributed by atoms with Crippen molar-refractivity contribution < 1.29 is 0 Å². The van der Waals surface area contributed by atoms with Crippen molar-refractivity contribution in [3.63, 3.8) is 0 Å². The van der Waals surface area contributed by atoms with Gasteiger partial charge in [0.15, 0.2) is 0 Å². The van der Waals surface area contributed by atoms with E-state index in [-0.39, 0.29) is 24.8 Å². The molecule has 0 aromatic carbocycles. The first kappa shape index (κ1) is 19.5. The SMILES string of the molecule is CC1CCCC(N(C)CCN2CCNCC2)C1.Cl.Cl. The van der Waals surface area contributed by atoms with Crippen molar-refractivity contribution in [3.05, 3.63) is 0 Å². The fourth-order valence-electron chi connectivity index (χ4n) is 3.22. The Balaban J connectivity index is 0.00000162. The maximum Gasteiger partial charge on any atom is 0.0110 e. The number of rotatable bonds is 4. The predicted molar refractivity (Wildman–Crippen MR) is 87.9 cm³/mol. The highest BCUT2D eigenvalue weighted by Crippen LogP contribution is 2.26. The smallest absolute Gasteiger partial charge is 0.0110 e. The minimum atomic E-state index is 0. The first-order valence-electron chi connectivity index (χ1n) is 7.39. The van der Waals surface area contributed by atoms with Gasteiger partial charge in [-0.1, -0.05) is 19.8 Å². The van der Waals surface area contributed by atoms with E-state index in [0.717, 1.165) is 12.0 Å². The maximum absolute atomic E-state index is 3.42. The Morgan fingerprint density at radius 2 is 1.84 bits per heavy atom. The Morgan fingerprint density at radius 1 is 1.16 bits per heavy atom. The van der Waals surface area contributed by atoms with E-state index >= 15 is 0 Å². The van der Waals surface area contributed by atoms with Gasteiger partial charge in [-0.25, -0.2) is 0 Å². The molecule has 1 saturated carbocycles. The van der Waals surface area contributed by atoms with E-state index in [2.05, 4.69) is 29.1 Å². The van der Waals surface area contributed by atoms with Gasteiger partial charge in [-0.15, -0.1) is 24.8 Å². The molecule has 1 aliphatic carbocycles. The molecule has 2 aliphatic rings. The zero-order valence-corrected chi connectivity index (χ0v) is 14.1. The van der Waals surface area contributed by atoms with Crippen molar-refractivity contribution in [2.45, 2.75) is 38.6 Å². The molecule has 3 nitrogen and oxygen atoms in total. The van der Waals surface area contributed by atoms with Crippen LogP contribution in [0.5, 0.6) is 0 Å². The van der Waals surface area contributed by atoms with Gasteiger partial charge in [-0.05, 0) is 25.8 Å². The van der Waals surface area contributed by atoms with Gasteiger partial charge in [0.1, 0.15) is 0 Å². The molecule has 1 heterocycles. The molecule has 0 bridgehead atoms. The second kappa shape index (κ2) is 10.2. The van der Waals surface area contributed by atoms with Crippen LogP contribution in [0.25, 0.3) is 0 Å². The lowest BCUT2D eigenvalue weighted by atomic mass is 9.86. The molecular formula is C14H31Cl2N3. The zero-order chi connectivity index (χ0) is 12.1. The Labute approximate surface area is 131 Å². The number of likely N-dealkylation sites (N-methyl/N-ethyl adjacent to an activating group) is 1. The number of piperazine rings is 1. The molecule has 1 saturated heterocycles. The second-order valence-corrected chi connectivity index (χ2v) is 6.00. The molecule has 0 amide bonds. The fourth-order valence-corrected chi connectivity index (χ4v) is 3.22. The summed E-state index contributed by atoms with van der Waals surface area (Å²) in [5.41, 5.74) is 0. The Hall–Kier alpha value is 0.460. The van der Waals surface area contributed by atoms with Gasteiger partial charge in [0.05, 0.1) is 0 Å².